The van der Waals surface area contributed by atoms with Crippen LogP contribution in [0.2, 0.25) is 0 Å². The Morgan fingerprint density at radius 3 is 3.06 bits per heavy atom. The Bertz CT molecular complexity index is 457. The van der Waals surface area contributed by atoms with E-state index in [1.165, 1.54) is 24.8 Å². The molecule has 0 bridgehead atoms. The Morgan fingerprint density at radius 2 is 2.44 bits per heavy atom. The number of amides is 1. The summed E-state index contributed by atoms with van der Waals surface area (Å²) in [5.41, 5.74) is 11.7. The fourth-order valence-electron chi connectivity index (χ4n) is 2.06. The van der Waals surface area contributed by atoms with Gasteiger partial charge in [-0.15, -0.1) is 0 Å². The van der Waals surface area contributed by atoms with Crippen LogP contribution >= 0.6 is 11.8 Å². The van der Waals surface area contributed by atoms with Crippen molar-refractivity contribution in [3.05, 3.63) is 17.8 Å². The van der Waals surface area contributed by atoms with Crippen LogP contribution in [0.5, 0.6) is 0 Å². The van der Waals surface area contributed by atoms with Crippen molar-refractivity contribution in [2.75, 3.05) is 23.3 Å². The van der Waals surface area contributed by atoms with E-state index in [1.54, 1.807) is 6.07 Å². The van der Waals surface area contributed by atoms with Crippen LogP contribution in [0.1, 0.15) is 30.1 Å². The van der Waals surface area contributed by atoms with Crippen LogP contribution in [-0.2, 0) is 0 Å². The van der Waals surface area contributed by atoms with Crippen LogP contribution in [-0.4, -0.2) is 27.9 Å². The van der Waals surface area contributed by atoms with Gasteiger partial charge in [0.1, 0.15) is 5.82 Å². The second-order valence-electron chi connectivity index (χ2n) is 4.78. The number of nitrogen functional groups attached to an aromatic ring is 1. The molecule has 0 aliphatic carbocycles. The van der Waals surface area contributed by atoms with Crippen molar-refractivity contribution in [3.63, 3.8) is 0 Å². The molecule has 0 radical (unpaired) electrons. The van der Waals surface area contributed by atoms with Crippen molar-refractivity contribution in [2.24, 2.45) is 5.73 Å². The second-order valence-corrected chi connectivity index (χ2v) is 6.47. The van der Waals surface area contributed by atoms with Gasteiger partial charge in [0.15, 0.2) is 0 Å². The Balaban J connectivity index is 2.11. The minimum absolute atomic E-state index is 0.206. The number of rotatable bonds is 4. The van der Waals surface area contributed by atoms with Gasteiger partial charge in [0.25, 0.3) is 5.91 Å². The van der Waals surface area contributed by atoms with Crippen molar-refractivity contribution < 1.29 is 4.79 Å². The van der Waals surface area contributed by atoms with Gasteiger partial charge in [0.05, 0.1) is 17.4 Å². The minimum Gasteiger partial charge on any atom is -0.397 e. The number of nitrogens with zero attached hydrogens (tertiary/aromatic N) is 1. The molecular weight excluding hydrogens is 248 g/mol. The van der Waals surface area contributed by atoms with Crippen LogP contribution in [0, 0.1) is 0 Å². The maximum Gasteiger partial charge on any atom is 0.252 e. The summed E-state index contributed by atoms with van der Waals surface area (Å²) in [6, 6.07) is 1.56. The normalized spacial score (nSPS) is 22.9. The molecule has 1 saturated heterocycles. The van der Waals surface area contributed by atoms with E-state index in [2.05, 4.69) is 17.2 Å². The van der Waals surface area contributed by atoms with E-state index in [0.717, 1.165) is 6.54 Å². The minimum atomic E-state index is -0.512. The molecule has 1 aromatic rings. The highest BCUT2D eigenvalue weighted by molar-refractivity contribution is 8.00. The van der Waals surface area contributed by atoms with E-state index in [0.29, 0.717) is 17.1 Å². The van der Waals surface area contributed by atoms with Crippen LogP contribution in [0.15, 0.2) is 12.3 Å². The predicted molar refractivity (Wildman–Crippen MR) is 75.8 cm³/mol. The number of aromatic nitrogens is 1. The third-order valence-electron chi connectivity index (χ3n) is 3.10. The number of hydrogen-bond acceptors (Lipinski definition) is 5. The highest BCUT2D eigenvalue weighted by atomic mass is 32.2. The molecule has 2 heterocycles. The third-order valence-corrected chi connectivity index (χ3v) is 4.64. The van der Waals surface area contributed by atoms with Gasteiger partial charge in [-0.2, -0.15) is 11.8 Å². The van der Waals surface area contributed by atoms with Crippen LogP contribution < -0.4 is 16.8 Å². The van der Waals surface area contributed by atoms with Crippen LogP contribution in [0.4, 0.5) is 11.5 Å². The Labute approximate surface area is 111 Å². The van der Waals surface area contributed by atoms with Gasteiger partial charge in [-0.3, -0.25) is 4.79 Å². The van der Waals surface area contributed by atoms with Crippen molar-refractivity contribution in [1.82, 2.24) is 4.98 Å². The van der Waals surface area contributed by atoms with Gasteiger partial charge in [-0.05, 0) is 31.6 Å². The van der Waals surface area contributed by atoms with E-state index < -0.39 is 5.91 Å². The summed E-state index contributed by atoms with van der Waals surface area (Å²) in [6.45, 7) is 2.99. The van der Waals surface area contributed by atoms with E-state index in [4.69, 9.17) is 11.5 Å². The molecule has 1 aliphatic heterocycles. The lowest BCUT2D eigenvalue weighted by atomic mass is 10.1. The lowest BCUT2D eigenvalue weighted by Gasteiger charge is -2.23. The number of nitrogens with one attached hydrogen (secondary N) is 1. The largest absolute Gasteiger partial charge is 0.397 e. The van der Waals surface area contributed by atoms with Crippen molar-refractivity contribution in [1.29, 1.82) is 0 Å². The summed E-state index contributed by atoms with van der Waals surface area (Å²) in [5.74, 6) is 1.20. The first-order valence-electron chi connectivity index (χ1n) is 5.93. The number of carbonyl (C=O) groups is 1. The molecule has 5 nitrogen and oxygen atoms in total. The summed E-state index contributed by atoms with van der Waals surface area (Å²) >= 11 is 1.95. The molecule has 1 aliphatic rings. The first kappa shape index (κ1) is 13.0. The average molecular weight is 266 g/mol. The maximum atomic E-state index is 11.3. The number of thioether (sulfide) groups is 1. The van der Waals surface area contributed by atoms with E-state index in [9.17, 15) is 4.79 Å². The van der Waals surface area contributed by atoms with Crippen LogP contribution in [0.3, 0.4) is 0 Å². The molecule has 0 aromatic carbocycles. The Kier molecular flexibility index (Phi) is 3.65. The summed E-state index contributed by atoms with van der Waals surface area (Å²) in [6.07, 6.45) is 3.94. The molecule has 0 saturated carbocycles. The lowest BCUT2D eigenvalue weighted by Crippen LogP contribution is -2.28. The molecule has 0 spiro atoms. The first-order valence-corrected chi connectivity index (χ1v) is 6.92. The predicted octanol–water partition coefficient (Wildman–Crippen LogP) is 1.46. The molecule has 1 aromatic heterocycles. The summed E-state index contributed by atoms with van der Waals surface area (Å²) in [4.78, 5) is 15.5. The summed E-state index contributed by atoms with van der Waals surface area (Å²) < 4.78 is 0.206. The molecule has 18 heavy (non-hydrogen) atoms. The SMILES string of the molecule is CC1(CNc2ncc(N)cc2C(N)=O)CCCS1. The lowest BCUT2D eigenvalue weighted by molar-refractivity contribution is 0.100. The Morgan fingerprint density at radius 1 is 1.67 bits per heavy atom. The Hall–Kier alpha value is -1.43. The quantitative estimate of drug-likeness (QED) is 0.767. The zero-order chi connectivity index (χ0) is 13.2. The number of hydrogen-bond donors (Lipinski definition) is 3. The summed E-state index contributed by atoms with van der Waals surface area (Å²) in [7, 11) is 0. The summed E-state index contributed by atoms with van der Waals surface area (Å²) in [5, 5.41) is 3.22. The number of anilines is 2. The third kappa shape index (κ3) is 2.87. The van der Waals surface area contributed by atoms with Crippen molar-refractivity contribution in [2.45, 2.75) is 24.5 Å². The van der Waals surface area contributed by atoms with Gasteiger partial charge in [-0.25, -0.2) is 4.98 Å². The average Bonchev–Trinajstić information content (AvgIpc) is 2.75. The maximum absolute atomic E-state index is 11.3. The topological polar surface area (TPSA) is 94.0 Å². The fourth-order valence-corrected chi connectivity index (χ4v) is 3.30. The monoisotopic (exact) mass is 266 g/mol. The smallest absolute Gasteiger partial charge is 0.252 e. The molecule has 1 fully saturated rings. The van der Waals surface area contributed by atoms with Gasteiger partial charge in [0, 0.05) is 11.3 Å². The number of pyridine rings is 1. The highest BCUT2D eigenvalue weighted by Crippen LogP contribution is 2.37. The van der Waals surface area contributed by atoms with E-state index in [1.807, 2.05) is 11.8 Å². The standard InChI is InChI=1S/C12H18N4OS/c1-12(3-2-4-18-12)7-16-11-9(10(14)17)5-8(13)6-15-11/h5-6H,2-4,7,13H2,1H3,(H2,14,17)(H,15,16). The molecule has 1 unspecified atom stereocenters. The van der Waals surface area contributed by atoms with Crippen LogP contribution in [0.25, 0.3) is 0 Å². The van der Waals surface area contributed by atoms with Gasteiger partial charge in [0.2, 0.25) is 0 Å². The van der Waals surface area contributed by atoms with Crippen molar-refractivity contribution >= 4 is 29.2 Å². The number of carbonyl (C=O) groups excluding carboxylic acids is 1. The fraction of sp³-hybridized carbons (Fsp3) is 0.500. The number of nitrogens with two attached hydrogens (primary N) is 2. The number of primary amides is 1. The molecule has 6 heteroatoms. The highest BCUT2D eigenvalue weighted by Gasteiger charge is 2.29. The van der Waals surface area contributed by atoms with E-state index >= 15 is 0 Å². The second kappa shape index (κ2) is 5.06. The molecule has 1 amide bonds. The van der Waals surface area contributed by atoms with E-state index in [-0.39, 0.29) is 4.75 Å². The first-order chi connectivity index (χ1) is 8.50. The van der Waals surface area contributed by atoms with Crippen molar-refractivity contribution in [3.8, 4) is 0 Å². The molecule has 2 rings (SSSR count). The van der Waals surface area contributed by atoms with Gasteiger partial charge in [-0.1, -0.05) is 0 Å². The zero-order valence-corrected chi connectivity index (χ0v) is 11.2. The van der Waals surface area contributed by atoms with Gasteiger partial charge < -0.3 is 16.8 Å². The molecular formula is C12H18N4OS. The molecule has 98 valence electrons. The molecule has 5 N–H and O–H groups in total. The zero-order valence-electron chi connectivity index (χ0n) is 10.4. The van der Waals surface area contributed by atoms with Gasteiger partial charge >= 0.3 is 0 Å². The molecule has 1 atom stereocenters.